The van der Waals surface area contributed by atoms with Gasteiger partial charge in [0.25, 0.3) is 0 Å². The maximum Gasteiger partial charge on any atom is 0.227 e. The molecule has 0 aliphatic carbocycles. The Bertz CT molecular complexity index is 1880. The molecule has 1 aliphatic rings. The standard InChI is InChI=1S/C30H25Cl2FN6O3/c1-16-4-3-5-18(22-12-17(8-10-34-22)29-21(35-30(16)41)9-11-38(29)2)19-15-42-25(13-24(19)40)27-23(7-6-20(31)28(27)33)39-14-26(32)36-37-39/h6-16,18H,3-5H2,1-2H3,(H,35,41)/t16-,18?/m0/s1. The second-order valence-electron chi connectivity index (χ2n) is 10.3. The number of nitrogens with one attached hydrogen (secondary N) is 1. The molecule has 9 nitrogen and oxygen atoms in total. The van der Waals surface area contributed by atoms with Crippen LogP contribution in [0.2, 0.25) is 10.2 Å². The van der Waals surface area contributed by atoms with Gasteiger partial charge in [-0.05, 0) is 43.2 Å². The van der Waals surface area contributed by atoms with Crippen LogP contribution in [0.3, 0.4) is 0 Å². The van der Waals surface area contributed by atoms with Crippen LogP contribution < -0.4 is 10.7 Å². The number of amides is 1. The van der Waals surface area contributed by atoms with Crippen LogP contribution >= 0.6 is 23.2 Å². The number of halogens is 3. The number of aryl methyl sites for hydroxylation is 1. The molecular formula is C30H25Cl2FN6O3. The fraction of sp³-hybridized carbons (Fsp3) is 0.233. The van der Waals surface area contributed by atoms with Crippen molar-refractivity contribution in [3.63, 3.8) is 0 Å². The third-order valence-corrected chi connectivity index (χ3v) is 8.05. The molecule has 0 spiro atoms. The van der Waals surface area contributed by atoms with Gasteiger partial charge in [0.15, 0.2) is 16.4 Å². The lowest BCUT2D eigenvalue weighted by Crippen LogP contribution is -2.22. The summed E-state index contributed by atoms with van der Waals surface area (Å²) in [6, 6.07) is 9.83. The number of nitrogens with zero attached hydrogens (tertiary/aromatic N) is 5. The first-order chi connectivity index (χ1) is 20.2. The zero-order chi connectivity index (χ0) is 29.5. The Morgan fingerprint density at radius 3 is 2.71 bits per heavy atom. The molecule has 4 aromatic heterocycles. The van der Waals surface area contributed by atoms with Crippen molar-refractivity contribution in [2.45, 2.75) is 32.1 Å². The Morgan fingerprint density at radius 1 is 1.12 bits per heavy atom. The number of hydrogen-bond acceptors (Lipinski definition) is 6. The molecule has 1 aromatic carbocycles. The highest BCUT2D eigenvalue weighted by atomic mass is 35.5. The highest BCUT2D eigenvalue weighted by molar-refractivity contribution is 6.31. The summed E-state index contributed by atoms with van der Waals surface area (Å²) in [6.45, 7) is 1.89. The second-order valence-corrected chi connectivity index (χ2v) is 11.1. The molecule has 0 saturated carbocycles. The van der Waals surface area contributed by atoms with Gasteiger partial charge in [0.05, 0.1) is 40.1 Å². The van der Waals surface area contributed by atoms with E-state index >= 15 is 4.39 Å². The Morgan fingerprint density at radius 2 is 1.95 bits per heavy atom. The van der Waals surface area contributed by atoms with Gasteiger partial charge in [-0.3, -0.25) is 14.6 Å². The molecule has 1 N–H and O–H groups in total. The van der Waals surface area contributed by atoms with E-state index in [0.29, 0.717) is 36.2 Å². The Hall–Kier alpha value is -4.28. The molecule has 2 bridgehead atoms. The van der Waals surface area contributed by atoms with Crippen LogP contribution in [0.1, 0.15) is 43.4 Å². The van der Waals surface area contributed by atoms with Gasteiger partial charge in [-0.15, -0.1) is 5.10 Å². The SMILES string of the molecule is C[C@H]1CCCC(c2coc(-c3c(-n4cc(Cl)nn4)ccc(Cl)c3F)cc2=O)c2cc(ccn2)-c2c(ccn2C)NC1=O. The van der Waals surface area contributed by atoms with Crippen molar-refractivity contribution < 1.29 is 13.6 Å². The van der Waals surface area contributed by atoms with Crippen LogP contribution in [-0.4, -0.2) is 30.5 Å². The first-order valence-corrected chi connectivity index (χ1v) is 14.1. The quantitative estimate of drug-likeness (QED) is 0.247. The molecule has 1 aliphatic heterocycles. The van der Waals surface area contributed by atoms with Crippen LogP contribution in [-0.2, 0) is 11.8 Å². The summed E-state index contributed by atoms with van der Waals surface area (Å²) < 4.78 is 24.5. The molecule has 12 heteroatoms. The van der Waals surface area contributed by atoms with E-state index in [-0.39, 0.29) is 44.4 Å². The predicted octanol–water partition coefficient (Wildman–Crippen LogP) is 6.62. The summed E-state index contributed by atoms with van der Waals surface area (Å²) in [7, 11) is 1.90. The van der Waals surface area contributed by atoms with E-state index in [1.54, 1.807) is 6.20 Å². The van der Waals surface area contributed by atoms with Gasteiger partial charge < -0.3 is 14.3 Å². The fourth-order valence-electron chi connectivity index (χ4n) is 5.39. The first kappa shape index (κ1) is 27.9. The third kappa shape index (κ3) is 5.12. The monoisotopic (exact) mass is 606 g/mol. The fourth-order valence-corrected chi connectivity index (χ4v) is 5.67. The van der Waals surface area contributed by atoms with Crippen LogP contribution in [0, 0.1) is 11.7 Å². The van der Waals surface area contributed by atoms with Crippen LogP contribution in [0.25, 0.3) is 28.3 Å². The van der Waals surface area contributed by atoms with E-state index < -0.39 is 11.7 Å². The number of benzene rings is 1. The van der Waals surface area contributed by atoms with Crippen molar-refractivity contribution in [3.8, 4) is 28.3 Å². The highest BCUT2D eigenvalue weighted by Gasteiger charge is 2.26. The average molecular weight is 607 g/mol. The van der Waals surface area contributed by atoms with Crippen LogP contribution in [0.4, 0.5) is 10.1 Å². The number of carbonyl (C=O) groups is 1. The van der Waals surface area contributed by atoms with Crippen molar-refractivity contribution in [2.24, 2.45) is 13.0 Å². The summed E-state index contributed by atoms with van der Waals surface area (Å²) in [6.07, 6.45) is 8.16. The van der Waals surface area contributed by atoms with E-state index in [1.807, 2.05) is 42.9 Å². The molecule has 6 rings (SSSR count). The molecule has 2 atom stereocenters. The van der Waals surface area contributed by atoms with Gasteiger partial charge >= 0.3 is 0 Å². The second kappa shape index (κ2) is 11.2. The molecule has 0 fully saturated rings. The zero-order valence-electron chi connectivity index (χ0n) is 22.6. The molecule has 1 unspecified atom stereocenters. The first-order valence-electron chi connectivity index (χ1n) is 13.3. The van der Waals surface area contributed by atoms with Crippen molar-refractivity contribution in [3.05, 3.63) is 98.7 Å². The molecule has 0 saturated heterocycles. The van der Waals surface area contributed by atoms with E-state index in [2.05, 4.69) is 20.6 Å². The highest BCUT2D eigenvalue weighted by Crippen LogP contribution is 2.37. The number of fused-ring (bicyclic) bond motifs is 4. The van der Waals surface area contributed by atoms with E-state index in [0.717, 1.165) is 11.3 Å². The van der Waals surface area contributed by atoms with Gasteiger partial charge in [-0.1, -0.05) is 41.8 Å². The third-order valence-electron chi connectivity index (χ3n) is 7.59. The number of aromatic nitrogens is 5. The number of hydrogen-bond donors (Lipinski definition) is 1. The van der Waals surface area contributed by atoms with Gasteiger partial charge in [0.1, 0.15) is 5.76 Å². The van der Waals surface area contributed by atoms with Crippen molar-refractivity contribution in [1.82, 2.24) is 24.5 Å². The van der Waals surface area contributed by atoms with Crippen molar-refractivity contribution in [1.29, 1.82) is 0 Å². The predicted molar refractivity (Wildman–Crippen MR) is 157 cm³/mol. The summed E-state index contributed by atoms with van der Waals surface area (Å²) in [5.74, 6) is -1.53. The lowest BCUT2D eigenvalue weighted by atomic mass is 9.88. The molecule has 5 heterocycles. The number of rotatable bonds is 3. The number of pyridine rings is 1. The maximum absolute atomic E-state index is 15.4. The Labute approximate surface area is 249 Å². The Balaban J connectivity index is 1.46. The normalized spacial score (nSPS) is 17.2. The molecular weight excluding hydrogens is 582 g/mol. The van der Waals surface area contributed by atoms with Gasteiger partial charge in [-0.2, -0.15) is 0 Å². The minimum Gasteiger partial charge on any atom is -0.464 e. The minimum atomic E-state index is -0.775. The topological polar surface area (TPSA) is 108 Å². The summed E-state index contributed by atoms with van der Waals surface area (Å²) in [5, 5.41) is 10.7. The molecule has 214 valence electrons. The summed E-state index contributed by atoms with van der Waals surface area (Å²) in [4.78, 5) is 31.3. The smallest absolute Gasteiger partial charge is 0.227 e. The molecule has 42 heavy (non-hydrogen) atoms. The number of anilines is 1. The van der Waals surface area contributed by atoms with Gasteiger partial charge in [-0.25, -0.2) is 9.07 Å². The van der Waals surface area contributed by atoms with E-state index in [1.165, 1.54) is 35.3 Å². The maximum atomic E-state index is 15.4. The molecule has 0 radical (unpaired) electrons. The van der Waals surface area contributed by atoms with Crippen LogP contribution in [0.15, 0.2) is 70.5 Å². The lowest BCUT2D eigenvalue weighted by Gasteiger charge is -2.20. The van der Waals surface area contributed by atoms with Gasteiger partial charge in [0.2, 0.25) is 5.91 Å². The zero-order valence-corrected chi connectivity index (χ0v) is 24.2. The Kier molecular flexibility index (Phi) is 7.42. The largest absolute Gasteiger partial charge is 0.464 e. The van der Waals surface area contributed by atoms with Crippen molar-refractivity contribution in [2.75, 3.05) is 5.32 Å². The summed E-state index contributed by atoms with van der Waals surface area (Å²) in [5.41, 5.74) is 3.29. The molecule has 5 aromatic rings. The lowest BCUT2D eigenvalue weighted by molar-refractivity contribution is -0.119. The van der Waals surface area contributed by atoms with E-state index in [4.69, 9.17) is 27.6 Å². The number of carbonyl (C=O) groups excluding carboxylic acids is 1. The van der Waals surface area contributed by atoms with Gasteiger partial charge in [0, 0.05) is 54.2 Å². The molecule has 1 amide bonds. The van der Waals surface area contributed by atoms with E-state index in [9.17, 15) is 9.59 Å². The minimum absolute atomic E-state index is 0.0287. The summed E-state index contributed by atoms with van der Waals surface area (Å²) >= 11 is 12.0. The van der Waals surface area contributed by atoms with Crippen molar-refractivity contribution >= 4 is 34.8 Å². The van der Waals surface area contributed by atoms with Crippen LogP contribution in [0.5, 0.6) is 0 Å². The average Bonchev–Trinajstić information content (AvgIpc) is 3.57.